The molecular weight excluding hydrogens is 260 g/mol. The van der Waals surface area contributed by atoms with Crippen LogP contribution in [0.3, 0.4) is 0 Å². The highest BCUT2D eigenvalue weighted by atomic mass is 16.4. The van der Waals surface area contributed by atoms with Crippen molar-refractivity contribution in [3.05, 3.63) is 39.8 Å². The molecule has 0 radical (unpaired) electrons. The third-order valence-electron chi connectivity index (χ3n) is 3.37. The Morgan fingerprint density at radius 1 is 1.60 bits per heavy atom. The molecule has 7 heteroatoms. The van der Waals surface area contributed by atoms with Crippen LogP contribution in [-0.2, 0) is 4.79 Å². The highest BCUT2D eigenvalue weighted by molar-refractivity contribution is 5.98. The Morgan fingerprint density at radius 3 is 3.00 bits per heavy atom. The van der Waals surface area contributed by atoms with Crippen molar-refractivity contribution in [2.24, 2.45) is 11.0 Å². The first-order valence-electron chi connectivity index (χ1n) is 6.18. The van der Waals surface area contributed by atoms with Crippen molar-refractivity contribution in [1.29, 1.82) is 0 Å². The molecule has 104 valence electrons. The number of hydrogen-bond donors (Lipinski definition) is 1. The molecule has 0 saturated carbocycles. The fraction of sp³-hybridized carbons (Fsp3) is 0.385. The van der Waals surface area contributed by atoms with Gasteiger partial charge in [0.25, 0.3) is 0 Å². The SMILES string of the molecule is Cc1ccc(N2CC(CN=[N+]=[N-])CC2=O)cc1C(=O)O. The van der Waals surface area contributed by atoms with Gasteiger partial charge in [-0.1, -0.05) is 11.2 Å². The smallest absolute Gasteiger partial charge is 0.336 e. The fourth-order valence-electron chi connectivity index (χ4n) is 2.31. The maximum atomic E-state index is 12.0. The monoisotopic (exact) mass is 274 g/mol. The minimum Gasteiger partial charge on any atom is -0.478 e. The molecule has 1 heterocycles. The number of carboxylic acid groups (broad SMARTS) is 1. The van der Waals surface area contributed by atoms with Gasteiger partial charge in [0.05, 0.1) is 5.56 Å². The van der Waals surface area contributed by atoms with Crippen LogP contribution in [0.1, 0.15) is 22.3 Å². The second kappa shape index (κ2) is 5.63. The van der Waals surface area contributed by atoms with E-state index in [9.17, 15) is 9.59 Å². The molecule has 1 aromatic carbocycles. The molecule has 0 aliphatic carbocycles. The van der Waals surface area contributed by atoms with Gasteiger partial charge in [-0.25, -0.2) is 4.79 Å². The molecular formula is C13H14N4O3. The molecule has 1 aliphatic heterocycles. The first kappa shape index (κ1) is 13.9. The predicted molar refractivity (Wildman–Crippen MR) is 72.6 cm³/mol. The highest BCUT2D eigenvalue weighted by Crippen LogP contribution is 2.27. The molecule has 1 atom stereocenters. The Labute approximate surface area is 115 Å². The van der Waals surface area contributed by atoms with Crippen LogP contribution in [0.2, 0.25) is 0 Å². The fourth-order valence-corrected chi connectivity index (χ4v) is 2.31. The Hall–Kier alpha value is -2.53. The van der Waals surface area contributed by atoms with Crippen molar-refractivity contribution in [3.63, 3.8) is 0 Å². The molecule has 0 aromatic heterocycles. The van der Waals surface area contributed by atoms with Crippen molar-refractivity contribution in [1.82, 2.24) is 0 Å². The zero-order valence-electron chi connectivity index (χ0n) is 11.0. The molecule has 0 spiro atoms. The number of nitrogens with zero attached hydrogens (tertiary/aromatic N) is 4. The van der Waals surface area contributed by atoms with Gasteiger partial charge in [-0.3, -0.25) is 4.79 Å². The van der Waals surface area contributed by atoms with Crippen molar-refractivity contribution < 1.29 is 14.7 Å². The van der Waals surface area contributed by atoms with Crippen LogP contribution in [0.4, 0.5) is 5.69 Å². The molecule has 1 N–H and O–H groups in total. The van der Waals surface area contributed by atoms with Crippen LogP contribution in [0.15, 0.2) is 23.3 Å². The summed E-state index contributed by atoms with van der Waals surface area (Å²) < 4.78 is 0. The molecule has 20 heavy (non-hydrogen) atoms. The lowest BCUT2D eigenvalue weighted by molar-refractivity contribution is -0.117. The molecule has 1 fully saturated rings. The molecule has 1 amide bonds. The topological polar surface area (TPSA) is 106 Å². The Balaban J connectivity index is 2.24. The Morgan fingerprint density at radius 2 is 2.35 bits per heavy atom. The lowest BCUT2D eigenvalue weighted by atomic mass is 10.1. The maximum absolute atomic E-state index is 12.0. The maximum Gasteiger partial charge on any atom is 0.336 e. The number of carbonyl (C=O) groups is 2. The lowest BCUT2D eigenvalue weighted by Gasteiger charge is -2.17. The second-order valence-corrected chi connectivity index (χ2v) is 4.79. The van der Waals surface area contributed by atoms with Crippen LogP contribution in [-0.4, -0.2) is 30.1 Å². The summed E-state index contributed by atoms with van der Waals surface area (Å²) in [5.74, 6) is -1.11. The van der Waals surface area contributed by atoms with Gasteiger partial charge in [-0.2, -0.15) is 0 Å². The molecule has 1 aliphatic rings. The standard InChI is InChI=1S/C13H14N4O3/c1-8-2-3-10(5-11(8)13(19)20)17-7-9(4-12(17)18)6-15-16-14/h2-3,5,9H,4,6-7H2,1H3,(H,19,20). The number of benzene rings is 1. The molecule has 2 rings (SSSR count). The van der Waals surface area contributed by atoms with E-state index >= 15 is 0 Å². The lowest BCUT2D eigenvalue weighted by Crippen LogP contribution is -2.25. The second-order valence-electron chi connectivity index (χ2n) is 4.79. The van der Waals surface area contributed by atoms with E-state index in [1.54, 1.807) is 24.0 Å². The molecule has 1 unspecified atom stereocenters. The first-order chi connectivity index (χ1) is 9.52. The van der Waals surface area contributed by atoms with E-state index in [2.05, 4.69) is 10.0 Å². The van der Waals surface area contributed by atoms with Crippen molar-refractivity contribution in [2.45, 2.75) is 13.3 Å². The van der Waals surface area contributed by atoms with Gasteiger partial charge in [-0.15, -0.1) is 0 Å². The summed E-state index contributed by atoms with van der Waals surface area (Å²) in [6.45, 7) is 2.43. The highest BCUT2D eigenvalue weighted by Gasteiger charge is 2.30. The van der Waals surface area contributed by atoms with Crippen molar-refractivity contribution in [2.75, 3.05) is 18.0 Å². The largest absolute Gasteiger partial charge is 0.478 e. The van der Waals surface area contributed by atoms with Crippen molar-refractivity contribution in [3.8, 4) is 0 Å². The van der Waals surface area contributed by atoms with E-state index < -0.39 is 5.97 Å². The van der Waals surface area contributed by atoms with Gasteiger partial charge in [0.15, 0.2) is 0 Å². The number of aryl methyl sites for hydroxylation is 1. The summed E-state index contributed by atoms with van der Waals surface area (Å²) in [7, 11) is 0. The first-order valence-corrected chi connectivity index (χ1v) is 6.18. The summed E-state index contributed by atoms with van der Waals surface area (Å²) in [5, 5.41) is 12.6. The van der Waals surface area contributed by atoms with Gasteiger partial charge in [0.1, 0.15) is 0 Å². The van der Waals surface area contributed by atoms with Crippen LogP contribution >= 0.6 is 0 Å². The van der Waals surface area contributed by atoms with Gasteiger partial charge < -0.3 is 10.0 Å². The van der Waals surface area contributed by atoms with Crippen LogP contribution in [0.25, 0.3) is 10.4 Å². The summed E-state index contributed by atoms with van der Waals surface area (Å²) in [5.41, 5.74) is 9.71. The van der Waals surface area contributed by atoms with Gasteiger partial charge in [0.2, 0.25) is 5.91 Å². The quantitative estimate of drug-likeness (QED) is 0.517. The average Bonchev–Trinajstić information content (AvgIpc) is 2.78. The number of hydrogen-bond acceptors (Lipinski definition) is 3. The predicted octanol–water partition coefficient (Wildman–Crippen LogP) is 2.36. The summed E-state index contributed by atoms with van der Waals surface area (Å²) in [6, 6.07) is 4.92. The number of azide groups is 1. The van der Waals surface area contributed by atoms with E-state index in [0.29, 0.717) is 24.2 Å². The summed E-state index contributed by atoms with van der Waals surface area (Å²) >= 11 is 0. The Kier molecular flexibility index (Phi) is 3.91. The number of amides is 1. The van der Waals surface area contributed by atoms with Crippen LogP contribution in [0.5, 0.6) is 0 Å². The number of rotatable bonds is 4. The number of anilines is 1. The van der Waals surface area contributed by atoms with E-state index in [-0.39, 0.29) is 23.9 Å². The number of aromatic carboxylic acids is 1. The van der Waals surface area contributed by atoms with Gasteiger partial charge in [0, 0.05) is 30.1 Å². The molecule has 0 bridgehead atoms. The Bertz CT molecular complexity index is 608. The van der Waals surface area contributed by atoms with E-state index in [1.165, 1.54) is 6.07 Å². The van der Waals surface area contributed by atoms with Crippen molar-refractivity contribution >= 4 is 17.6 Å². The third-order valence-corrected chi connectivity index (χ3v) is 3.37. The van der Waals surface area contributed by atoms with Crippen LogP contribution < -0.4 is 4.90 Å². The zero-order chi connectivity index (χ0) is 14.7. The van der Waals surface area contributed by atoms with Gasteiger partial charge in [-0.05, 0) is 36.1 Å². The molecule has 1 saturated heterocycles. The minimum absolute atomic E-state index is 0.0204. The normalized spacial score (nSPS) is 17.9. The van der Waals surface area contributed by atoms with E-state index in [4.69, 9.17) is 10.6 Å². The summed E-state index contributed by atoms with van der Waals surface area (Å²) in [4.78, 5) is 27.3. The van der Waals surface area contributed by atoms with E-state index in [1.807, 2.05) is 0 Å². The minimum atomic E-state index is -1.01. The number of carboxylic acids is 1. The third kappa shape index (κ3) is 2.73. The average molecular weight is 274 g/mol. The van der Waals surface area contributed by atoms with Crippen LogP contribution in [0, 0.1) is 12.8 Å². The van der Waals surface area contributed by atoms with E-state index in [0.717, 1.165) is 0 Å². The summed E-state index contributed by atoms with van der Waals surface area (Å²) in [6.07, 6.45) is 0.315. The molecule has 7 nitrogen and oxygen atoms in total. The number of carbonyl (C=O) groups excluding carboxylic acids is 1. The zero-order valence-corrected chi connectivity index (χ0v) is 11.0. The molecule has 1 aromatic rings. The van der Waals surface area contributed by atoms with Gasteiger partial charge >= 0.3 is 5.97 Å².